The number of amides is 2. The SMILES string of the molecule is CC(C)(C)OC(=O)NCCCCCOc1ccc(CC(C(=O)O)N(C=O)OCc2ccccc2)cc1. The minimum Gasteiger partial charge on any atom is -0.494 e. The molecule has 0 spiro atoms. The normalized spacial score (nSPS) is 11.9. The van der Waals surface area contributed by atoms with Gasteiger partial charge in [-0.25, -0.2) is 14.7 Å². The van der Waals surface area contributed by atoms with Crippen molar-refractivity contribution < 1.29 is 33.8 Å². The first kappa shape index (κ1) is 28.6. The summed E-state index contributed by atoms with van der Waals surface area (Å²) in [4.78, 5) is 40.3. The fraction of sp³-hybridized carbons (Fsp3) is 0.444. The topological polar surface area (TPSA) is 114 Å². The first-order valence-electron chi connectivity index (χ1n) is 12.0. The molecule has 0 bridgehead atoms. The van der Waals surface area contributed by atoms with Crippen LogP contribution in [0.2, 0.25) is 0 Å². The smallest absolute Gasteiger partial charge is 0.407 e. The van der Waals surface area contributed by atoms with Crippen molar-refractivity contribution in [2.45, 2.75) is 64.7 Å². The second-order valence-electron chi connectivity index (χ2n) is 9.26. The molecular formula is C27H36N2O7. The zero-order valence-electron chi connectivity index (χ0n) is 21.1. The number of ether oxygens (including phenoxy) is 2. The van der Waals surface area contributed by atoms with Crippen molar-refractivity contribution in [3.63, 3.8) is 0 Å². The van der Waals surface area contributed by atoms with Gasteiger partial charge in [-0.2, -0.15) is 0 Å². The molecule has 1 unspecified atom stereocenters. The molecule has 0 fully saturated rings. The van der Waals surface area contributed by atoms with Gasteiger partial charge in [0.2, 0.25) is 6.41 Å². The molecular weight excluding hydrogens is 464 g/mol. The number of benzene rings is 2. The van der Waals surface area contributed by atoms with E-state index in [9.17, 15) is 19.5 Å². The van der Waals surface area contributed by atoms with Gasteiger partial charge in [-0.15, -0.1) is 0 Å². The van der Waals surface area contributed by atoms with Crippen LogP contribution >= 0.6 is 0 Å². The summed E-state index contributed by atoms with van der Waals surface area (Å²) in [5.74, 6) is -0.485. The lowest BCUT2D eigenvalue weighted by Crippen LogP contribution is -2.41. The number of hydrogen-bond acceptors (Lipinski definition) is 6. The molecule has 0 aliphatic heterocycles. The minimum absolute atomic E-state index is 0.0905. The van der Waals surface area contributed by atoms with Crippen LogP contribution in [0.25, 0.3) is 0 Å². The van der Waals surface area contributed by atoms with Gasteiger partial charge < -0.3 is 19.9 Å². The van der Waals surface area contributed by atoms with E-state index < -0.39 is 23.7 Å². The quantitative estimate of drug-likeness (QED) is 0.212. The van der Waals surface area contributed by atoms with Gasteiger partial charge in [0, 0.05) is 13.0 Å². The lowest BCUT2D eigenvalue weighted by molar-refractivity contribution is -0.200. The largest absolute Gasteiger partial charge is 0.494 e. The summed E-state index contributed by atoms with van der Waals surface area (Å²) < 4.78 is 10.9. The summed E-state index contributed by atoms with van der Waals surface area (Å²) >= 11 is 0. The Morgan fingerprint density at radius 3 is 2.31 bits per heavy atom. The maximum Gasteiger partial charge on any atom is 0.407 e. The standard InChI is InChI=1S/C27H36N2O7/c1-27(2,3)36-26(33)28-16-8-5-9-17-34-23-14-12-21(13-15-23)18-24(25(31)32)29(20-30)35-19-22-10-6-4-7-11-22/h4,6-7,10-15,20,24H,5,8-9,16-19H2,1-3H3,(H,28,33)(H,31,32). The molecule has 2 aromatic carbocycles. The number of hydroxylamine groups is 2. The number of carboxylic acid groups (broad SMARTS) is 1. The Bertz CT molecular complexity index is 943. The van der Waals surface area contributed by atoms with Crippen LogP contribution in [0.4, 0.5) is 4.79 Å². The summed E-state index contributed by atoms with van der Waals surface area (Å²) in [6, 6.07) is 15.1. The molecule has 0 aliphatic carbocycles. The fourth-order valence-electron chi connectivity index (χ4n) is 3.25. The number of rotatable bonds is 15. The Morgan fingerprint density at radius 1 is 1.00 bits per heavy atom. The molecule has 2 rings (SSSR count). The number of carbonyl (C=O) groups excluding carboxylic acids is 2. The molecule has 0 saturated heterocycles. The number of alkyl carbamates (subject to hydrolysis) is 1. The molecule has 36 heavy (non-hydrogen) atoms. The van der Waals surface area contributed by atoms with Crippen LogP contribution in [-0.4, -0.2) is 53.4 Å². The van der Waals surface area contributed by atoms with E-state index in [1.165, 1.54) is 0 Å². The summed E-state index contributed by atoms with van der Waals surface area (Å²) in [6.45, 7) is 6.62. The maximum absolute atomic E-state index is 11.8. The van der Waals surface area contributed by atoms with Crippen LogP contribution in [0.15, 0.2) is 54.6 Å². The minimum atomic E-state index is -1.16. The lowest BCUT2D eigenvalue weighted by Gasteiger charge is -2.24. The third-order valence-corrected chi connectivity index (χ3v) is 5.03. The molecule has 0 aliphatic rings. The molecule has 9 heteroatoms. The Morgan fingerprint density at radius 2 is 1.69 bits per heavy atom. The first-order valence-corrected chi connectivity index (χ1v) is 12.0. The van der Waals surface area contributed by atoms with E-state index in [4.69, 9.17) is 14.3 Å². The number of aliphatic carboxylic acids is 1. The van der Waals surface area contributed by atoms with Crippen LogP contribution in [0, 0.1) is 0 Å². The van der Waals surface area contributed by atoms with E-state index >= 15 is 0 Å². The number of carboxylic acids is 1. The van der Waals surface area contributed by atoms with Gasteiger partial charge in [-0.05, 0) is 63.3 Å². The van der Waals surface area contributed by atoms with Crippen molar-refractivity contribution in [3.8, 4) is 5.75 Å². The van der Waals surface area contributed by atoms with E-state index in [0.29, 0.717) is 25.3 Å². The van der Waals surface area contributed by atoms with E-state index in [-0.39, 0.29) is 13.0 Å². The van der Waals surface area contributed by atoms with Gasteiger partial charge in [0.1, 0.15) is 18.0 Å². The summed E-state index contributed by atoms with van der Waals surface area (Å²) in [5.41, 5.74) is 1.05. The molecule has 0 aromatic heterocycles. The third kappa shape index (κ3) is 11.2. The highest BCUT2D eigenvalue weighted by Crippen LogP contribution is 2.16. The van der Waals surface area contributed by atoms with Crippen LogP contribution in [0.5, 0.6) is 5.75 Å². The van der Waals surface area contributed by atoms with Crippen LogP contribution in [-0.2, 0) is 32.2 Å². The zero-order valence-corrected chi connectivity index (χ0v) is 21.1. The van der Waals surface area contributed by atoms with Crippen LogP contribution < -0.4 is 10.1 Å². The second-order valence-corrected chi connectivity index (χ2v) is 9.26. The number of carbonyl (C=O) groups is 3. The Kier molecular flexibility index (Phi) is 11.7. The van der Waals surface area contributed by atoms with Crippen molar-refractivity contribution in [2.24, 2.45) is 0 Å². The van der Waals surface area contributed by atoms with Crippen molar-refractivity contribution in [1.29, 1.82) is 0 Å². The van der Waals surface area contributed by atoms with Crippen molar-refractivity contribution in [3.05, 3.63) is 65.7 Å². The van der Waals surface area contributed by atoms with Gasteiger partial charge in [-0.3, -0.25) is 9.63 Å². The number of nitrogens with one attached hydrogen (secondary N) is 1. The van der Waals surface area contributed by atoms with E-state index in [1.54, 1.807) is 24.3 Å². The van der Waals surface area contributed by atoms with Crippen molar-refractivity contribution in [1.82, 2.24) is 10.4 Å². The highest BCUT2D eigenvalue weighted by molar-refractivity contribution is 5.76. The van der Waals surface area contributed by atoms with Crippen molar-refractivity contribution >= 4 is 18.5 Å². The maximum atomic E-state index is 11.8. The molecule has 2 aromatic rings. The van der Waals surface area contributed by atoms with E-state index in [1.807, 2.05) is 51.1 Å². The molecule has 1 atom stereocenters. The molecule has 2 N–H and O–H groups in total. The molecule has 2 amide bonds. The van der Waals surface area contributed by atoms with Gasteiger partial charge in [-0.1, -0.05) is 42.5 Å². The van der Waals surface area contributed by atoms with Gasteiger partial charge in [0.25, 0.3) is 0 Å². The highest BCUT2D eigenvalue weighted by Gasteiger charge is 2.26. The van der Waals surface area contributed by atoms with Crippen molar-refractivity contribution in [2.75, 3.05) is 13.2 Å². The number of unbranched alkanes of at least 4 members (excludes halogenated alkanes) is 2. The predicted molar refractivity (Wildman–Crippen MR) is 134 cm³/mol. The van der Waals surface area contributed by atoms with Gasteiger partial charge in [0.15, 0.2) is 6.04 Å². The molecule has 9 nitrogen and oxygen atoms in total. The van der Waals surface area contributed by atoms with Crippen LogP contribution in [0.3, 0.4) is 0 Å². The summed E-state index contributed by atoms with van der Waals surface area (Å²) in [6.07, 6.45) is 2.60. The fourth-order valence-corrected chi connectivity index (χ4v) is 3.25. The third-order valence-electron chi connectivity index (χ3n) is 5.03. The number of nitrogens with zero attached hydrogens (tertiary/aromatic N) is 1. The summed E-state index contributed by atoms with van der Waals surface area (Å²) in [5, 5.41) is 13.2. The lowest BCUT2D eigenvalue weighted by atomic mass is 10.1. The average molecular weight is 501 g/mol. The highest BCUT2D eigenvalue weighted by atomic mass is 16.7. The Hall–Kier alpha value is -3.59. The summed E-state index contributed by atoms with van der Waals surface area (Å²) in [7, 11) is 0. The average Bonchev–Trinajstić information content (AvgIpc) is 2.83. The van der Waals surface area contributed by atoms with E-state index in [2.05, 4.69) is 5.32 Å². The Labute approximate surface area is 212 Å². The molecule has 0 saturated carbocycles. The Balaban J connectivity index is 1.72. The van der Waals surface area contributed by atoms with Crippen LogP contribution in [0.1, 0.15) is 51.2 Å². The number of hydrogen-bond donors (Lipinski definition) is 2. The zero-order chi connectivity index (χ0) is 26.4. The molecule has 0 heterocycles. The molecule has 0 radical (unpaired) electrons. The first-order chi connectivity index (χ1) is 17.2. The predicted octanol–water partition coefficient (Wildman–Crippen LogP) is 4.35. The van der Waals surface area contributed by atoms with Gasteiger partial charge in [0.05, 0.1) is 6.61 Å². The van der Waals surface area contributed by atoms with E-state index in [0.717, 1.165) is 35.5 Å². The van der Waals surface area contributed by atoms with Gasteiger partial charge >= 0.3 is 12.1 Å². The second kappa shape index (κ2) is 14.7. The monoisotopic (exact) mass is 500 g/mol. The molecule has 196 valence electrons.